The van der Waals surface area contributed by atoms with Crippen molar-refractivity contribution in [2.75, 3.05) is 13.2 Å². The first-order valence-electron chi connectivity index (χ1n) is 8.24. The fourth-order valence-electron chi connectivity index (χ4n) is 3.54. The average Bonchev–Trinajstić information content (AvgIpc) is 2.60. The number of rotatable bonds is 4. The molecule has 1 heterocycles. The van der Waals surface area contributed by atoms with Gasteiger partial charge in [0.05, 0.1) is 6.61 Å². The van der Waals surface area contributed by atoms with Gasteiger partial charge in [-0.2, -0.15) is 10.1 Å². The molecule has 2 aromatic carbocycles. The number of hydrogen-bond donors (Lipinski definition) is 0. The molecule has 1 fully saturated rings. The van der Waals surface area contributed by atoms with Gasteiger partial charge in [0.2, 0.25) is 0 Å². The van der Waals surface area contributed by atoms with Crippen LogP contribution in [0.5, 0.6) is 0 Å². The van der Waals surface area contributed by atoms with Crippen LogP contribution in [0.3, 0.4) is 0 Å². The largest absolute Gasteiger partial charge is 0.517 e. The van der Waals surface area contributed by atoms with Crippen molar-refractivity contribution in [3.8, 4) is 6.07 Å². The minimum absolute atomic E-state index is 0.0495. The van der Waals surface area contributed by atoms with Gasteiger partial charge in [-0.3, -0.25) is 0 Å². The third-order valence-corrected chi connectivity index (χ3v) is 4.74. The second kappa shape index (κ2) is 6.86. The van der Waals surface area contributed by atoms with Crippen molar-refractivity contribution in [3.63, 3.8) is 0 Å². The third-order valence-electron chi connectivity index (χ3n) is 4.74. The van der Waals surface area contributed by atoms with Crippen LogP contribution in [-0.2, 0) is 11.3 Å². The summed E-state index contributed by atoms with van der Waals surface area (Å²) in [5.41, 5.74) is 2.15. The molecule has 0 aromatic heterocycles. The van der Waals surface area contributed by atoms with E-state index in [2.05, 4.69) is 6.07 Å². The molecular formula is C20H21N2O2+. The normalized spacial score (nSPS) is 25.3. The van der Waals surface area contributed by atoms with Crippen molar-refractivity contribution >= 4 is 6.09 Å². The number of nitriles is 1. The highest BCUT2D eigenvalue weighted by molar-refractivity contribution is 5.62. The number of quaternary nitrogens is 1. The molecule has 24 heavy (non-hydrogen) atoms. The molecule has 1 aliphatic rings. The van der Waals surface area contributed by atoms with Crippen molar-refractivity contribution in [2.45, 2.75) is 25.4 Å². The van der Waals surface area contributed by atoms with E-state index in [-0.39, 0.29) is 16.5 Å². The van der Waals surface area contributed by atoms with E-state index in [1.165, 1.54) is 0 Å². The van der Waals surface area contributed by atoms with Gasteiger partial charge in [0.15, 0.2) is 6.04 Å². The summed E-state index contributed by atoms with van der Waals surface area (Å²) in [6.07, 6.45) is -0.305. The number of benzene rings is 2. The lowest BCUT2D eigenvalue weighted by atomic mass is 9.80. The van der Waals surface area contributed by atoms with E-state index >= 15 is 0 Å². The first-order chi connectivity index (χ1) is 11.7. The molecule has 1 amide bonds. The molecule has 0 saturated carbocycles. The zero-order chi connectivity index (χ0) is 17.0. The van der Waals surface area contributed by atoms with Crippen LogP contribution in [0, 0.1) is 11.3 Å². The lowest BCUT2D eigenvalue weighted by Crippen LogP contribution is -2.71. The van der Waals surface area contributed by atoms with Crippen LogP contribution < -0.4 is 0 Å². The number of nitrogens with zero attached hydrogens (tertiary/aromatic N) is 2. The molecule has 122 valence electrons. The van der Waals surface area contributed by atoms with Gasteiger partial charge in [-0.05, 0) is 12.5 Å². The van der Waals surface area contributed by atoms with Crippen LogP contribution in [0.1, 0.15) is 24.0 Å². The Hall–Kier alpha value is -2.64. The van der Waals surface area contributed by atoms with Gasteiger partial charge in [-0.25, -0.2) is 4.48 Å². The van der Waals surface area contributed by atoms with Gasteiger partial charge in [-0.1, -0.05) is 60.7 Å². The maximum absolute atomic E-state index is 12.7. The van der Waals surface area contributed by atoms with Crippen molar-refractivity contribution in [1.29, 1.82) is 5.26 Å². The minimum atomic E-state index is -0.424. The summed E-state index contributed by atoms with van der Waals surface area (Å²) in [5.74, 6) is 0.0596. The summed E-state index contributed by atoms with van der Waals surface area (Å²) in [7, 11) is 0. The minimum Gasteiger partial charge on any atom is -0.420 e. The quantitative estimate of drug-likeness (QED) is 0.804. The zero-order valence-electron chi connectivity index (χ0n) is 13.8. The molecule has 0 N–H and O–H groups in total. The van der Waals surface area contributed by atoms with Crippen LogP contribution in [0.4, 0.5) is 4.79 Å². The van der Waals surface area contributed by atoms with Gasteiger partial charge in [0.25, 0.3) is 0 Å². The highest BCUT2D eigenvalue weighted by Gasteiger charge is 2.61. The smallest absolute Gasteiger partial charge is 0.420 e. The predicted octanol–water partition coefficient (Wildman–Crippen LogP) is 3.85. The molecule has 1 saturated heterocycles. The van der Waals surface area contributed by atoms with Gasteiger partial charge >= 0.3 is 6.09 Å². The second-order valence-electron chi connectivity index (χ2n) is 6.15. The monoisotopic (exact) mass is 321 g/mol. The Morgan fingerprint density at radius 3 is 2.38 bits per heavy atom. The van der Waals surface area contributed by atoms with Crippen molar-refractivity contribution in [2.24, 2.45) is 0 Å². The Balaban J connectivity index is 1.92. The van der Waals surface area contributed by atoms with Crippen molar-refractivity contribution in [1.82, 2.24) is 0 Å². The molecule has 0 bridgehead atoms. The number of ether oxygens (including phenoxy) is 1. The second-order valence-corrected chi connectivity index (χ2v) is 6.15. The fraction of sp³-hybridized carbons (Fsp3) is 0.300. The molecule has 0 aliphatic carbocycles. The van der Waals surface area contributed by atoms with Gasteiger partial charge in [-0.15, -0.1) is 0 Å². The first-order valence-corrected chi connectivity index (χ1v) is 8.24. The summed E-state index contributed by atoms with van der Waals surface area (Å²) in [6, 6.07) is 21.7. The zero-order valence-corrected chi connectivity index (χ0v) is 13.8. The summed E-state index contributed by atoms with van der Waals surface area (Å²) < 4.78 is 5.37. The topological polar surface area (TPSA) is 50.1 Å². The molecule has 1 unspecified atom stereocenters. The van der Waals surface area contributed by atoms with Crippen molar-refractivity contribution < 1.29 is 14.0 Å². The highest BCUT2D eigenvalue weighted by Crippen LogP contribution is 2.43. The molecule has 0 spiro atoms. The Labute approximate surface area is 142 Å². The summed E-state index contributed by atoms with van der Waals surface area (Å²) in [5, 5.41) is 9.78. The Kier molecular flexibility index (Phi) is 4.64. The highest BCUT2D eigenvalue weighted by atomic mass is 16.6. The summed E-state index contributed by atoms with van der Waals surface area (Å²) in [4.78, 5) is 12.7. The van der Waals surface area contributed by atoms with E-state index < -0.39 is 6.04 Å². The Morgan fingerprint density at radius 1 is 1.17 bits per heavy atom. The predicted molar refractivity (Wildman–Crippen MR) is 90.9 cm³/mol. The lowest BCUT2D eigenvalue weighted by Gasteiger charge is -2.50. The molecule has 3 rings (SSSR count). The molecule has 4 heteroatoms. The maximum atomic E-state index is 12.7. The Morgan fingerprint density at radius 2 is 1.79 bits per heavy atom. The molecule has 4 nitrogen and oxygen atoms in total. The van der Waals surface area contributed by atoms with E-state index in [0.717, 1.165) is 11.1 Å². The number of likely N-dealkylation sites (tertiary alicyclic amines) is 1. The summed E-state index contributed by atoms with van der Waals surface area (Å²) >= 11 is 0. The van der Waals surface area contributed by atoms with Crippen LogP contribution in [0.15, 0.2) is 60.7 Å². The standard InChI is InChI=1S/C20H21N2O2/c1-2-24-20(23)22(14-16-9-5-3-6-10-16)15-18(19(22)13-21)17-11-7-4-8-12-17/h3-12,18-19H,2,14-15H2,1H3/q+1/t18-,19-,22?/m0/s1. The van der Waals surface area contributed by atoms with E-state index in [0.29, 0.717) is 19.7 Å². The van der Waals surface area contributed by atoms with Crippen molar-refractivity contribution in [3.05, 3.63) is 71.8 Å². The van der Waals surface area contributed by atoms with Gasteiger partial charge in [0.1, 0.15) is 25.1 Å². The Bertz CT molecular complexity index is 739. The molecule has 2 aromatic rings. The molecular weight excluding hydrogens is 300 g/mol. The molecule has 1 aliphatic heterocycles. The SMILES string of the molecule is CCOC(=O)[N+]1(Cc2ccccc2)C[C@@H](c2ccccc2)[C@@H]1C#N. The van der Waals surface area contributed by atoms with Crippen LogP contribution >= 0.6 is 0 Å². The maximum Gasteiger partial charge on any atom is 0.517 e. The lowest BCUT2D eigenvalue weighted by molar-refractivity contribution is -0.931. The molecule has 3 atom stereocenters. The first kappa shape index (κ1) is 16.2. The number of hydrogen-bond acceptors (Lipinski definition) is 3. The third kappa shape index (κ3) is 2.79. The van der Waals surface area contributed by atoms with Crippen LogP contribution in [0.2, 0.25) is 0 Å². The summed E-state index contributed by atoms with van der Waals surface area (Å²) in [6.45, 7) is 3.20. The van der Waals surface area contributed by atoms with Gasteiger partial charge in [0, 0.05) is 5.56 Å². The van der Waals surface area contributed by atoms with Gasteiger partial charge < -0.3 is 4.74 Å². The van der Waals surface area contributed by atoms with E-state index in [4.69, 9.17) is 4.74 Å². The van der Waals surface area contributed by atoms with E-state index in [1.54, 1.807) is 6.92 Å². The number of carbonyl (C=O) groups excluding carboxylic acids is 1. The van der Waals surface area contributed by atoms with Crippen LogP contribution in [0.25, 0.3) is 0 Å². The van der Waals surface area contributed by atoms with E-state index in [9.17, 15) is 10.1 Å². The number of carbonyl (C=O) groups is 1. The average molecular weight is 321 g/mol. The fourth-order valence-corrected chi connectivity index (χ4v) is 3.54. The van der Waals surface area contributed by atoms with E-state index in [1.807, 2.05) is 60.7 Å². The molecule has 0 radical (unpaired) electrons. The number of amides is 1. The van der Waals surface area contributed by atoms with Crippen LogP contribution in [-0.4, -0.2) is 29.8 Å².